The first-order valence-corrected chi connectivity index (χ1v) is 9.15. The van der Waals surface area contributed by atoms with Gasteiger partial charge in [-0.15, -0.1) is 0 Å². The summed E-state index contributed by atoms with van der Waals surface area (Å²) >= 11 is 11.9. The quantitative estimate of drug-likeness (QED) is 0.221. The number of nitrogens with zero attached hydrogens (tertiary/aromatic N) is 1. The minimum atomic E-state index is -0.534. The Morgan fingerprint density at radius 1 is 1.00 bits per heavy atom. The van der Waals surface area contributed by atoms with Crippen LogP contribution in [0.25, 0.3) is 28.6 Å². The van der Waals surface area contributed by atoms with E-state index in [9.17, 15) is 4.79 Å². The number of fused-ring (bicyclic) bond motifs is 1. The zero-order valence-corrected chi connectivity index (χ0v) is 15.9. The molecule has 4 nitrogen and oxygen atoms in total. The lowest BCUT2D eigenvalue weighted by atomic mass is 10.2. The van der Waals surface area contributed by atoms with Crippen LogP contribution in [0.3, 0.4) is 0 Å². The van der Waals surface area contributed by atoms with E-state index in [1.54, 1.807) is 42.5 Å². The maximum atomic E-state index is 12.1. The Balaban J connectivity index is 1.51. The molecule has 28 heavy (non-hydrogen) atoms. The van der Waals surface area contributed by atoms with Crippen molar-refractivity contribution >= 4 is 46.3 Å². The smallest absolute Gasteiger partial charge is 0.336 e. The molecule has 138 valence electrons. The average Bonchev–Trinajstić information content (AvgIpc) is 3.11. The number of carbonyl (C=O) groups is 1. The highest BCUT2D eigenvalue weighted by atomic mass is 35.5. The summed E-state index contributed by atoms with van der Waals surface area (Å²) in [4.78, 5) is 16.6. The summed E-state index contributed by atoms with van der Waals surface area (Å²) in [5.41, 5.74) is 2.76. The van der Waals surface area contributed by atoms with E-state index in [0.717, 1.165) is 5.56 Å². The molecule has 0 saturated heterocycles. The molecule has 0 atom stereocenters. The van der Waals surface area contributed by atoms with Gasteiger partial charge in [0, 0.05) is 27.8 Å². The lowest BCUT2D eigenvalue weighted by Crippen LogP contribution is -2.03. The van der Waals surface area contributed by atoms with Crippen LogP contribution in [0.5, 0.6) is 5.75 Å². The molecule has 3 aromatic carbocycles. The van der Waals surface area contributed by atoms with Gasteiger partial charge in [-0.1, -0.05) is 47.5 Å². The SMILES string of the molecule is O=C(/C=C/c1ccc(Cl)cc1Cl)Oc1ccc2nc(-c3ccccc3)oc2c1. The van der Waals surface area contributed by atoms with Crippen LogP contribution in [0.1, 0.15) is 5.56 Å². The van der Waals surface area contributed by atoms with E-state index in [4.69, 9.17) is 32.4 Å². The number of hydrogen-bond donors (Lipinski definition) is 0. The van der Waals surface area contributed by atoms with Crippen molar-refractivity contribution in [2.45, 2.75) is 0 Å². The summed E-state index contributed by atoms with van der Waals surface area (Å²) < 4.78 is 11.1. The van der Waals surface area contributed by atoms with Crippen molar-refractivity contribution in [2.75, 3.05) is 0 Å². The Labute approximate surface area is 171 Å². The lowest BCUT2D eigenvalue weighted by molar-refractivity contribution is -0.128. The van der Waals surface area contributed by atoms with Gasteiger partial charge in [-0.25, -0.2) is 9.78 Å². The zero-order chi connectivity index (χ0) is 19.5. The van der Waals surface area contributed by atoms with Gasteiger partial charge in [0.2, 0.25) is 5.89 Å². The molecule has 6 heteroatoms. The highest BCUT2D eigenvalue weighted by Crippen LogP contribution is 2.27. The molecular weight excluding hydrogens is 397 g/mol. The van der Waals surface area contributed by atoms with Gasteiger partial charge in [0.05, 0.1) is 0 Å². The van der Waals surface area contributed by atoms with E-state index in [1.165, 1.54) is 6.08 Å². The van der Waals surface area contributed by atoms with E-state index in [2.05, 4.69) is 4.98 Å². The Kier molecular flexibility index (Phi) is 5.15. The van der Waals surface area contributed by atoms with E-state index in [1.807, 2.05) is 30.3 Å². The lowest BCUT2D eigenvalue weighted by Gasteiger charge is -2.01. The number of ether oxygens (including phenoxy) is 1. The maximum Gasteiger partial charge on any atom is 0.336 e. The molecule has 0 spiro atoms. The van der Waals surface area contributed by atoms with E-state index >= 15 is 0 Å². The molecule has 1 heterocycles. The average molecular weight is 410 g/mol. The zero-order valence-electron chi connectivity index (χ0n) is 14.4. The standard InChI is InChI=1S/C22H13Cl2NO3/c23-16-8-6-14(18(24)12-16)7-11-21(26)27-17-9-10-19-20(13-17)28-22(25-19)15-4-2-1-3-5-15/h1-13H/b11-7+. The normalized spacial score (nSPS) is 11.2. The number of halogens is 2. The highest BCUT2D eigenvalue weighted by molar-refractivity contribution is 6.35. The van der Waals surface area contributed by atoms with Crippen LogP contribution in [0.4, 0.5) is 0 Å². The number of esters is 1. The number of rotatable bonds is 4. The number of carbonyl (C=O) groups excluding carboxylic acids is 1. The summed E-state index contributed by atoms with van der Waals surface area (Å²) in [5.74, 6) is 0.338. The van der Waals surface area contributed by atoms with Crippen LogP contribution < -0.4 is 4.74 Å². The van der Waals surface area contributed by atoms with Crippen LogP contribution in [0.15, 0.2) is 77.2 Å². The second-order valence-electron chi connectivity index (χ2n) is 5.93. The van der Waals surface area contributed by atoms with E-state index in [-0.39, 0.29) is 0 Å². The van der Waals surface area contributed by atoms with Gasteiger partial charge in [0.1, 0.15) is 11.3 Å². The molecule has 0 aliphatic rings. The van der Waals surface area contributed by atoms with Crippen molar-refractivity contribution < 1.29 is 13.9 Å². The van der Waals surface area contributed by atoms with Gasteiger partial charge >= 0.3 is 5.97 Å². The molecule has 0 N–H and O–H groups in total. The first-order chi connectivity index (χ1) is 13.6. The number of oxazole rings is 1. The molecule has 0 unspecified atom stereocenters. The van der Waals surface area contributed by atoms with Crippen molar-refractivity contribution in [3.05, 3.63) is 88.4 Å². The molecule has 4 aromatic rings. The molecule has 0 aliphatic heterocycles. The summed E-state index contributed by atoms with van der Waals surface area (Å²) in [7, 11) is 0. The largest absolute Gasteiger partial charge is 0.436 e. The third-order valence-corrected chi connectivity index (χ3v) is 4.52. The molecule has 0 radical (unpaired) electrons. The summed E-state index contributed by atoms with van der Waals surface area (Å²) in [6.07, 6.45) is 2.87. The highest BCUT2D eigenvalue weighted by Gasteiger charge is 2.10. The van der Waals surface area contributed by atoms with Gasteiger partial charge in [0.15, 0.2) is 5.58 Å². The van der Waals surface area contributed by atoms with Crippen LogP contribution in [0.2, 0.25) is 10.0 Å². The van der Waals surface area contributed by atoms with Crippen molar-refractivity contribution in [1.82, 2.24) is 4.98 Å². The van der Waals surface area contributed by atoms with Gasteiger partial charge in [0.25, 0.3) is 0 Å². The number of aromatic nitrogens is 1. The van der Waals surface area contributed by atoms with Gasteiger partial charge in [-0.05, 0) is 48.0 Å². The molecule has 1 aromatic heterocycles. The third kappa shape index (κ3) is 4.09. The van der Waals surface area contributed by atoms with Gasteiger partial charge in [-0.3, -0.25) is 0 Å². The predicted octanol–water partition coefficient (Wildman–Crippen LogP) is 6.42. The predicted molar refractivity (Wildman–Crippen MR) is 111 cm³/mol. The van der Waals surface area contributed by atoms with Crippen molar-refractivity contribution in [3.8, 4) is 17.2 Å². The van der Waals surface area contributed by atoms with Crippen molar-refractivity contribution in [2.24, 2.45) is 0 Å². The first kappa shape index (κ1) is 18.3. The van der Waals surface area contributed by atoms with Crippen LogP contribution >= 0.6 is 23.2 Å². The second-order valence-corrected chi connectivity index (χ2v) is 6.78. The first-order valence-electron chi connectivity index (χ1n) is 8.39. The fraction of sp³-hybridized carbons (Fsp3) is 0. The Bertz CT molecular complexity index is 1180. The van der Waals surface area contributed by atoms with Crippen LogP contribution in [0, 0.1) is 0 Å². The summed E-state index contributed by atoms with van der Waals surface area (Å²) in [6, 6.07) is 19.7. The number of benzene rings is 3. The second kappa shape index (κ2) is 7.89. The molecule has 0 fully saturated rings. The fourth-order valence-corrected chi connectivity index (χ4v) is 3.09. The summed E-state index contributed by atoms with van der Waals surface area (Å²) in [6.45, 7) is 0. The molecular formula is C22H13Cl2NO3. The van der Waals surface area contributed by atoms with Gasteiger partial charge in [-0.2, -0.15) is 0 Å². The van der Waals surface area contributed by atoms with Crippen molar-refractivity contribution in [1.29, 1.82) is 0 Å². The van der Waals surface area contributed by atoms with Crippen LogP contribution in [-0.4, -0.2) is 11.0 Å². The van der Waals surface area contributed by atoms with E-state index < -0.39 is 5.97 Å². The Morgan fingerprint density at radius 2 is 1.82 bits per heavy atom. The minimum absolute atomic E-state index is 0.361. The minimum Gasteiger partial charge on any atom is -0.436 e. The van der Waals surface area contributed by atoms with Gasteiger partial charge < -0.3 is 9.15 Å². The topological polar surface area (TPSA) is 52.3 Å². The van der Waals surface area contributed by atoms with Crippen molar-refractivity contribution in [3.63, 3.8) is 0 Å². The number of hydrogen-bond acceptors (Lipinski definition) is 4. The molecule has 4 rings (SSSR count). The molecule has 0 aliphatic carbocycles. The third-order valence-electron chi connectivity index (χ3n) is 3.96. The molecule has 0 saturated carbocycles. The monoisotopic (exact) mass is 409 g/mol. The Morgan fingerprint density at radius 3 is 2.61 bits per heavy atom. The Hall–Kier alpha value is -3.08. The van der Waals surface area contributed by atoms with E-state index in [0.29, 0.717) is 38.3 Å². The summed E-state index contributed by atoms with van der Waals surface area (Å²) in [5, 5.41) is 0.980. The molecule has 0 bridgehead atoms. The molecule has 0 amide bonds. The maximum absolute atomic E-state index is 12.1. The fourth-order valence-electron chi connectivity index (χ4n) is 2.62. The van der Waals surface area contributed by atoms with Crippen LogP contribution in [-0.2, 0) is 4.79 Å².